The number of allylic oxidation sites excluding steroid dienone is 3. The van der Waals surface area contributed by atoms with Gasteiger partial charge in [0.25, 0.3) is 0 Å². The van der Waals surface area contributed by atoms with Crippen molar-refractivity contribution in [1.29, 1.82) is 0 Å². The molecule has 0 saturated carbocycles. The standard InChI is InChI=1S/C17H22O2/c1-5-14(6-2)11-13(3)12-17(18)15-7-9-16(19-4)10-8-15/h5-10,13H,1,11-12H2,2-4H3/b14-6+/t13-/m1/s1. The van der Waals surface area contributed by atoms with Gasteiger partial charge in [0.05, 0.1) is 7.11 Å². The molecule has 0 N–H and O–H groups in total. The second-order valence-corrected chi connectivity index (χ2v) is 4.73. The van der Waals surface area contributed by atoms with Crippen LogP contribution in [0.3, 0.4) is 0 Å². The van der Waals surface area contributed by atoms with E-state index in [2.05, 4.69) is 13.5 Å². The Kier molecular flexibility index (Phi) is 6.07. The first-order valence-corrected chi connectivity index (χ1v) is 6.55. The molecule has 0 heterocycles. The lowest BCUT2D eigenvalue weighted by molar-refractivity contribution is 0.0964. The second-order valence-electron chi connectivity index (χ2n) is 4.73. The molecular weight excluding hydrogens is 236 g/mol. The molecule has 2 heteroatoms. The van der Waals surface area contributed by atoms with Crippen molar-refractivity contribution < 1.29 is 9.53 Å². The number of ketones is 1. The highest BCUT2D eigenvalue weighted by atomic mass is 16.5. The molecule has 0 aliphatic heterocycles. The molecule has 0 aromatic heterocycles. The van der Waals surface area contributed by atoms with Gasteiger partial charge in [0, 0.05) is 12.0 Å². The van der Waals surface area contributed by atoms with Crippen LogP contribution in [0.5, 0.6) is 5.75 Å². The third kappa shape index (κ3) is 4.74. The zero-order chi connectivity index (χ0) is 14.3. The number of carbonyl (C=O) groups is 1. The Balaban J connectivity index is 2.60. The number of benzene rings is 1. The smallest absolute Gasteiger partial charge is 0.163 e. The van der Waals surface area contributed by atoms with E-state index in [1.54, 1.807) is 7.11 Å². The SMILES string of the molecule is C=C/C(=C\C)C[C@@H](C)CC(=O)c1ccc(OC)cc1. The molecule has 0 unspecified atom stereocenters. The van der Waals surface area contributed by atoms with Crippen LogP contribution < -0.4 is 4.74 Å². The lowest BCUT2D eigenvalue weighted by Crippen LogP contribution is -2.06. The fourth-order valence-corrected chi connectivity index (χ4v) is 2.00. The van der Waals surface area contributed by atoms with E-state index in [-0.39, 0.29) is 5.78 Å². The van der Waals surface area contributed by atoms with E-state index in [1.165, 1.54) is 5.57 Å². The molecule has 2 nitrogen and oxygen atoms in total. The van der Waals surface area contributed by atoms with Crippen molar-refractivity contribution in [2.75, 3.05) is 7.11 Å². The molecule has 102 valence electrons. The molecule has 0 aliphatic rings. The van der Waals surface area contributed by atoms with Crippen molar-refractivity contribution >= 4 is 5.78 Å². The zero-order valence-electron chi connectivity index (χ0n) is 12.0. The topological polar surface area (TPSA) is 26.3 Å². The highest BCUT2D eigenvalue weighted by Crippen LogP contribution is 2.19. The average molecular weight is 258 g/mol. The van der Waals surface area contributed by atoms with Gasteiger partial charge in [-0.3, -0.25) is 4.79 Å². The summed E-state index contributed by atoms with van der Waals surface area (Å²) in [5, 5.41) is 0. The first-order valence-electron chi connectivity index (χ1n) is 6.55. The Morgan fingerprint density at radius 1 is 1.32 bits per heavy atom. The zero-order valence-corrected chi connectivity index (χ0v) is 12.0. The van der Waals surface area contributed by atoms with Crippen LogP contribution in [-0.2, 0) is 0 Å². The van der Waals surface area contributed by atoms with Crippen LogP contribution in [0.1, 0.15) is 37.0 Å². The van der Waals surface area contributed by atoms with Gasteiger partial charge >= 0.3 is 0 Å². The summed E-state index contributed by atoms with van der Waals surface area (Å²) >= 11 is 0. The summed E-state index contributed by atoms with van der Waals surface area (Å²) in [7, 11) is 1.62. The third-order valence-electron chi connectivity index (χ3n) is 3.16. The Hall–Kier alpha value is -1.83. The summed E-state index contributed by atoms with van der Waals surface area (Å²) < 4.78 is 5.08. The summed E-state index contributed by atoms with van der Waals surface area (Å²) in [4.78, 5) is 12.1. The highest BCUT2D eigenvalue weighted by Gasteiger charge is 2.12. The van der Waals surface area contributed by atoms with E-state index in [1.807, 2.05) is 43.3 Å². The van der Waals surface area contributed by atoms with E-state index < -0.39 is 0 Å². The summed E-state index contributed by atoms with van der Waals surface area (Å²) in [6, 6.07) is 7.27. The molecule has 19 heavy (non-hydrogen) atoms. The van der Waals surface area contributed by atoms with Gasteiger partial charge in [0.1, 0.15) is 5.75 Å². The molecule has 0 amide bonds. The summed E-state index contributed by atoms with van der Waals surface area (Å²) in [5.41, 5.74) is 1.93. The number of methoxy groups -OCH3 is 1. The van der Waals surface area contributed by atoms with Crippen molar-refractivity contribution in [2.24, 2.45) is 5.92 Å². The van der Waals surface area contributed by atoms with E-state index in [0.29, 0.717) is 12.3 Å². The predicted molar refractivity (Wildman–Crippen MR) is 79.7 cm³/mol. The van der Waals surface area contributed by atoms with E-state index in [0.717, 1.165) is 17.7 Å². The van der Waals surface area contributed by atoms with Gasteiger partial charge in [0.2, 0.25) is 0 Å². The molecule has 1 aromatic rings. The maximum absolute atomic E-state index is 12.1. The molecule has 0 saturated heterocycles. The normalized spacial score (nSPS) is 12.9. The molecule has 0 fully saturated rings. The summed E-state index contributed by atoms with van der Waals surface area (Å²) in [5.74, 6) is 1.26. The van der Waals surface area contributed by atoms with Crippen molar-refractivity contribution in [3.63, 3.8) is 0 Å². The molecule has 1 rings (SSSR count). The van der Waals surface area contributed by atoms with Crippen molar-refractivity contribution in [2.45, 2.75) is 26.7 Å². The Morgan fingerprint density at radius 2 is 1.95 bits per heavy atom. The monoisotopic (exact) mass is 258 g/mol. The highest BCUT2D eigenvalue weighted by molar-refractivity contribution is 5.96. The maximum Gasteiger partial charge on any atom is 0.163 e. The number of Topliss-reactive ketones (excluding diaryl/α,β-unsaturated/α-hetero) is 1. The fraction of sp³-hybridized carbons (Fsp3) is 0.353. The van der Waals surface area contributed by atoms with Crippen molar-refractivity contribution in [3.8, 4) is 5.75 Å². The van der Waals surface area contributed by atoms with E-state index in [4.69, 9.17) is 4.74 Å². The molecule has 1 atom stereocenters. The van der Waals surface area contributed by atoms with Crippen LogP contribution in [-0.4, -0.2) is 12.9 Å². The molecule has 1 aromatic carbocycles. The summed E-state index contributed by atoms with van der Waals surface area (Å²) in [6.45, 7) is 7.86. The minimum atomic E-state index is 0.176. The van der Waals surface area contributed by atoms with Gasteiger partial charge in [0.15, 0.2) is 5.78 Å². The Bertz CT molecular complexity index is 455. The second kappa shape index (κ2) is 7.57. The summed E-state index contributed by atoms with van der Waals surface area (Å²) in [6.07, 6.45) is 5.34. The fourth-order valence-electron chi connectivity index (χ4n) is 2.00. The van der Waals surface area contributed by atoms with Gasteiger partial charge in [-0.2, -0.15) is 0 Å². The Labute approximate surface area is 115 Å². The molecule has 0 spiro atoms. The van der Waals surface area contributed by atoms with Gasteiger partial charge < -0.3 is 4.74 Å². The van der Waals surface area contributed by atoms with Crippen molar-refractivity contribution in [1.82, 2.24) is 0 Å². The van der Waals surface area contributed by atoms with E-state index >= 15 is 0 Å². The minimum absolute atomic E-state index is 0.176. The number of ether oxygens (including phenoxy) is 1. The minimum Gasteiger partial charge on any atom is -0.497 e. The van der Waals surface area contributed by atoms with Crippen LogP contribution >= 0.6 is 0 Å². The maximum atomic E-state index is 12.1. The van der Waals surface area contributed by atoms with Crippen LogP contribution in [0.15, 0.2) is 48.6 Å². The van der Waals surface area contributed by atoms with Gasteiger partial charge in [-0.05, 0) is 43.5 Å². The molecular formula is C17H22O2. The van der Waals surface area contributed by atoms with Crippen LogP contribution in [0, 0.1) is 5.92 Å². The largest absolute Gasteiger partial charge is 0.497 e. The first-order chi connectivity index (χ1) is 9.10. The predicted octanol–water partition coefficient (Wildman–Crippen LogP) is 4.43. The lowest BCUT2D eigenvalue weighted by Gasteiger charge is -2.11. The lowest BCUT2D eigenvalue weighted by atomic mass is 9.93. The molecule has 0 bridgehead atoms. The average Bonchev–Trinajstić information content (AvgIpc) is 2.44. The van der Waals surface area contributed by atoms with Gasteiger partial charge in [-0.25, -0.2) is 0 Å². The van der Waals surface area contributed by atoms with Crippen molar-refractivity contribution in [3.05, 3.63) is 54.1 Å². The number of carbonyl (C=O) groups excluding carboxylic acids is 1. The van der Waals surface area contributed by atoms with E-state index in [9.17, 15) is 4.79 Å². The van der Waals surface area contributed by atoms with Gasteiger partial charge in [-0.15, -0.1) is 0 Å². The molecule has 0 radical (unpaired) electrons. The van der Waals surface area contributed by atoms with Crippen LogP contribution in [0.4, 0.5) is 0 Å². The molecule has 0 aliphatic carbocycles. The Morgan fingerprint density at radius 3 is 2.42 bits per heavy atom. The third-order valence-corrected chi connectivity index (χ3v) is 3.16. The quantitative estimate of drug-likeness (QED) is 0.534. The van der Waals surface area contributed by atoms with Crippen LogP contribution in [0.2, 0.25) is 0 Å². The first kappa shape index (κ1) is 15.2. The van der Waals surface area contributed by atoms with Crippen LogP contribution in [0.25, 0.3) is 0 Å². The number of rotatable bonds is 7. The number of hydrogen-bond donors (Lipinski definition) is 0. The van der Waals surface area contributed by atoms with Gasteiger partial charge in [-0.1, -0.05) is 31.2 Å². The number of hydrogen-bond acceptors (Lipinski definition) is 2.